The molecule has 0 saturated heterocycles. The van der Waals surface area contributed by atoms with E-state index in [2.05, 4.69) is 10.3 Å². The molecule has 12 heteroatoms. The van der Waals surface area contributed by atoms with E-state index in [0.29, 0.717) is 49.7 Å². The second-order valence-corrected chi connectivity index (χ2v) is 10.5. The van der Waals surface area contributed by atoms with Gasteiger partial charge < -0.3 is 40.2 Å². The second kappa shape index (κ2) is 12.6. The Hall–Kier alpha value is -3.74. The molecule has 0 bridgehead atoms. The van der Waals surface area contributed by atoms with Crippen LogP contribution in [0.25, 0.3) is 11.0 Å². The number of aliphatic hydroxyl groups is 2. The Morgan fingerprint density at radius 3 is 2.48 bits per heavy atom. The molecule has 40 heavy (non-hydrogen) atoms. The average molecular weight is 555 g/mol. The Labute approximate surface area is 233 Å². The van der Waals surface area contributed by atoms with Gasteiger partial charge in [0, 0.05) is 44.1 Å². The molecule has 0 radical (unpaired) electrons. The van der Waals surface area contributed by atoms with Crippen LogP contribution in [0.4, 0.5) is 10.6 Å². The van der Waals surface area contributed by atoms with E-state index in [1.165, 1.54) is 6.92 Å². The summed E-state index contributed by atoms with van der Waals surface area (Å²) in [7, 11) is 0. The number of hydrogen-bond acceptors (Lipinski definition) is 9. The minimum absolute atomic E-state index is 0.0951. The van der Waals surface area contributed by atoms with Gasteiger partial charge >= 0.3 is 6.09 Å². The lowest BCUT2D eigenvalue weighted by molar-refractivity contribution is -0.119. The molecule has 0 aliphatic carbocycles. The van der Waals surface area contributed by atoms with Crippen molar-refractivity contribution in [1.82, 2.24) is 24.8 Å². The van der Waals surface area contributed by atoms with E-state index >= 15 is 0 Å². The quantitative estimate of drug-likeness (QED) is 0.277. The molecule has 3 aromatic rings. The van der Waals surface area contributed by atoms with E-state index in [0.717, 1.165) is 22.2 Å². The normalized spacial score (nSPS) is 13.4. The number of anilines is 1. The van der Waals surface area contributed by atoms with E-state index in [-0.39, 0.29) is 44.7 Å². The molecule has 5 N–H and O–H groups in total. The van der Waals surface area contributed by atoms with Crippen LogP contribution in [0.5, 0.6) is 0 Å². The molecule has 2 amide bonds. The zero-order chi connectivity index (χ0) is 28.9. The summed E-state index contributed by atoms with van der Waals surface area (Å²) in [4.78, 5) is 34.9. The largest absolute Gasteiger partial charge is 0.445 e. The van der Waals surface area contributed by atoms with Crippen molar-refractivity contribution in [2.45, 2.75) is 60.0 Å². The average Bonchev–Trinajstić information content (AvgIpc) is 3.32. The Morgan fingerprint density at radius 2 is 1.82 bits per heavy atom. The summed E-state index contributed by atoms with van der Waals surface area (Å²) in [5, 5.41) is 22.7. The standard InChI is InChI=1S/C28H38N6O6/c1-4-39-14-23-32-24-25(34(23)15-28(3,16-35)17-36)21-9-10-33(12-22(21)31-26(24)29)27(38)40-13-20-7-5-19(6-8-20)11-30-18(2)37/h5-8,35-36H,4,9-17H2,1-3H3,(H2,29,31)(H,30,37). The number of nitrogen functional groups attached to an aromatic ring is 1. The number of aliphatic hydroxyl groups excluding tert-OH is 2. The molecular formula is C28H38N6O6. The highest BCUT2D eigenvalue weighted by molar-refractivity contribution is 5.89. The number of benzene rings is 1. The van der Waals surface area contributed by atoms with Crippen LogP contribution in [0, 0.1) is 5.41 Å². The molecule has 0 spiro atoms. The minimum Gasteiger partial charge on any atom is -0.445 e. The predicted octanol–water partition coefficient (Wildman–Crippen LogP) is 1.87. The summed E-state index contributed by atoms with van der Waals surface area (Å²) >= 11 is 0. The molecule has 1 aromatic carbocycles. The maximum atomic E-state index is 12.9. The van der Waals surface area contributed by atoms with Gasteiger partial charge in [0.2, 0.25) is 5.91 Å². The molecule has 4 rings (SSSR count). The molecule has 0 unspecified atom stereocenters. The van der Waals surface area contributed by atoms with E-state index in [1.54, 1.807) is 11.8 Å². The molecule has 0 saturated carbocycles. The van der Waals surface area contributed by atoms with Gasteiger partial charge in [-0.15, -0.1) is 0 Å². The van der Waals surface area contributed by atoms with Gasteiger partial charge in [-0.05, 0) is 24.5 Å². The first-order chi connectivity index (χ1) is 19.2. The Bertz CT molecular complexity index is 1350. The number of nitrogens with one attached hydrogen (secondary N) is 1. The SMILES string of the molecule is CCOCc1nc2c(N)nc3c(c2n1CC(C)(CO)CO)CCN(C(=O)OCc1ccc(CNC(C)=O)cc1)C3. The highest BCUT2D eigenvalue weighted by atomic mass is 16.6. The monoisotopic (exact) mass is 554 g/mol. The van der Waals surface area contributed by atoms with E-state index in [4.69, 9.17) is 20.2 Å². The summed E-state index contributed by atoms with van der Waals surface area (Å²) in [6.45, 7) is 7.02. The van der Waals surface area contributed by atoms with Crippen molar-refractivity contribution < 1.29 is 29.3 Å². The molecule has 1 aliphatic heterocycles. The fourth-order valence-electron chi connectivity index (χ4n) is 4.66. The molecule has 216 valence electrons. The predicted molar refractivity (Wildman–Crippen MR) is 148 cm³/mol. The highest BCUT2D eigenvalue weighted by Crippen LogP contribution is 2.33. The molecule has 1 aliphatic rings. The third-order valence-corrected chi connectivity index (χ3v) is 7.07. The van der Waals surface area contributed by atoms with Crippen molar-refractivity contribution in [3.63, 3.8) is 0 Å². The van der Waals surface area contributed by atoms with Crippen LogP contribution in [0.1, 0.15) is 49.0 Å². The Morgan fingerprint density at radius 1 is 1.12 bits per heavy atom. The van der Waals surface area contributed by atoms with Gasteiger partial charge in [-0.1, -0.05) is 31.2 Å². The molecule has 0 fully saturated rings. The number of amides is 2. The van der Waals surface area contributed by atoms with Gasteiger partial charge in [0.1, 0.15) is 24.6 Å². The number of aromatic nitrogens is 3. The van der Waals surface area contributed by atoms with E-state index in [9.17, 15) is 19.8 Å². The molecule has 0 atom stereocenters. The first-order valence-corrected chi connectivity index (χ1v) is 13.4. The van der Waals surface area contributed by atoms with Crippen molar-refractivity contribution >= 4 is 28.9 Å². The van der Waals surface area contributed by atoms with Gasteiger partial charge in [0.05, 0.1) is 31.0 Å². The van der Waals surface area contributed by atoms with Crippen molar-refractivity contribution in [2.75, 3.05) is 32.1 Å². The van der Waals surface area contributed by atoms with Crippen molar-refractivity contribution in [3.8, 4) is 0 Å². The number of nitrogens with two attached hydrogens (primary N) is 1. The van der Waals surface area contributed by atoms with Gasteiger partial charge in [-0.2, -0.15) is 0 Å². The van der Waals surface area contributed by atoms with Crippen LogP contribution in [0.15, 0.2) is 24.3 Å². The van der Waals surface area contributed by atoms with Crippen LogP contribution in [-0.4, -0.2) is 68.0 Å². The molecule has 3 heterocycles. The Kier molecular flexibility index (Phi) is 9.23. The summed E-state index contributed by atoms with van der Waals surface area (Å²) in [5.74, 6) is 0.786. The maximum Gasteiger partial charge on any atom is 0.410 e. The van der Waals surface area contributed by atoms with Gasteiger partial charge in [0.15, 0.2) is 5.82 Å². The van der Waals surface area contributed by atoms with Gasteiger partial charge in [0.25, 0.3) is 0 Å². The van der Waals surface area contributed by atoms with Crippen LogP contribution >= 0.6 is 0 Å². The Balaban J connectivity index is 1.53. The number of rotatable bonds is 11. The number of carbonyl (C=O) groups excluding carboxylic acids is 2. The molecule has 2 aromatic heterocycles. The molecular weight excluding hydrogens is 516 g/mol. The third kappa shape index (κ3) is 6.52. The van der Waals surface area contributed by atoms with Gasteiger partial charge in [-0.3, -0.25) is 4.79 Å². The minimum atomic E-state index is -0.786. The van der Waals surface area contributed by atoms with Crippen molar-refractivity contribution in [3.05, 3.63) is 52.5 Å². The fourth-order valence-corrected chi connectivity index (χ4v) is 4.66. The smallest absolute Gasteiger partial charge is 0.410 e. The van der Waals surface area contributed by atoms with Crippen molar-refractivity contribution in [2.24, 2.45) is 5.41 Å². The number of ether oxygens (including phenoxy) is 2. The van der Waals surface area contributed by atoms with Crippen molar-refractivity contribution in [1.29, 1.82) is 0 Å². The zero-order valence-corrected chi connectivity index (χ0v) is 23.3. The van der Waals surface area contributed by atoms with Crippen LogP contribution in [0.3, 0.4) is 0 Å². The third-order valence-electron chi connectivity index (χ3n) is 7.07. The van der Waals surface area contributed by atoms with Crippen LogP contribution < -0.4 is 11.1 Å². The summed E-state index contributed by atoms with van der Waals surface area (Å²) in [5.41, 5.74) is 10.3. The number of fused-ring (bicyclic) bond motifs is 3. The fraction of sp³-hybridized carbons (Fsp3) is 0.500. The van der Waals surface area contributed by atoms with E-state index in [1.807, 2.05) is 35.8 Å². The lowest BCUT2D eigenvalue weighted by Gasteiger charge is -2.30. The summed E-state index contributed by atoms with van der Waals surface area (Å²) < 4.78 is 13.2. The lowest BCUT2D eigenvalue weighted by atomic mass is 9.92. The summed E-state index contributed by atoms with van der Waals surface area (Å²) in [6.07, 6.45) is 0.0629. The van der Waals surface area contributed by atoms with Gasteiger partial charge in [-0.25, -0.2) is 14.8 Å². The topological polar surface area (TPSA) is 165 Å². The lowest BCUT2D eigenvalue weighted by Crippen LogP contribution is -2.37. The van der Waals surface area contributed by atoms with Crippen LogP contribution in [-0.2, 0) is 53.5 Å². The van der Waals surface area contributed by atoms with Crippen LogP contribution in [0.2, 0.25) is 0 Å². The second-order valence-electron chi connectivity index (χ2n) is 10.5. The maximum absolute atomic E-state index is 12.9. The zero-order valence-electron chi connectivity index (χ0n) is 23.3. The van der Waals surface area contributed by atoms with E-state index < -0.39 is 11.5 Å². The highest BCUT2D eigenvalue weighted by Gasteiger charge is 2.31. The number of nitrogens with zero attached hydrogens (tertiary/aromatic N) is 4. The molecule has 12 nitrogen and oxygen atoms in total. The first kappa shape index (κ1) is 29.2. The summed E-state index contributed by atoms with van der Waals surface area (Å²) in [6, 6.07) is 7.50. The first-order valence-electron chi connectivity index (χ1n) is 13.4. The number of hydrogen-bond donors (Lipinski definition) is 4. The number of carbonyl (C=O) groups is 2. The number of imidazole rings is 1. The number of pyridine rings is 1.